The molecule has 0 aromatic carbocycles. The van der Waals surface area contributed by atoms with E-state index >= 15 is 0 Å². The van der Waals surface area contributed by atoms with Crippen molar-refractivity contribution in [2.45, 2.75) is 38.8 Å². The van der Waals surface area contributed by atoms with E-state index in [-0.39, 0.29) is 12.2 Å². The van der Waals surface area contributed by atoms with Gasteiger partial charge in [-0.05, 0) is 32.6 Å². The molecule has 1 N–H and O–H groups in total. The summed E-state index contributed by atoms with van der Waals surface area (Å²) in [5, 5.41) is 3.35. The van der Waals surface area contributed by atoms with Crippen LogP contribution in [0.5, 0.6) is 0 Å². The lowest BCUT2D eigenvalue weighted by Crippen LogP contribution is -2.49. The third kappa shape index (κ3) is 2.25. The number of fused-ring (bicyclic) bond motifs is 1. The molecule has 15 heavy (non-hydrogen) atoms. The molecule has 2 aliphatic heterocycles. The zero-order valence-corrected chi connectivity index (χ0v) is 9.53. The van der Waals surface area contributed by atoms with Crippen LogP contribution in [-0.4, -0.2) is 42.8 Å². The molecule has 86 valence electrons. The molecular formula is C11H20N2O2. The first-order valence-electron chi connectivity index (χ1n) is 5.86. The Morgan fingerprint density at radius 3 is 3.00 bits per heavy atom. The van der Waals surface area contributed by atoms with Gasteiger partial charge in [0.05, 0.1) is 12.1 Å². The summed E-state index contributed by atoms with van der Waals surface area (Å²) in [6.45, 7) is 6.63. The highest BCUT2D eigenvalue weighted by Gasteiger charge is 2.38. The third-order valence-corrected chi connectivity index (χ3v) is 3.25. The van der Waals surface area contributed by atoms with Crippen LogP contribution < -0.4 is 5.32 Å². The lowest BCUT2D eigenvalue weighted by Gasteiger charge is -2.36. The average molecular weight is 212 g/mol. The number of hydrogen-bond donors (Lipinski definition) is 1. The summed E-state index contributed by atoms with van der Waals surface area (Å²) in [4.78, 5) is 13.7. The Morgan fingerprint density at radius 2 is 2.27 bits per heavy atom. The molecule has 2 saturated heterocycles. The van der Waals surface area contributed by atoms with Crippen molar-refractivity contribution in [2.24, 2.45) is 5.92 Å². The third-order valence-electron chi connectivity index (χ3n) is 3.25. The summed E-state index contributed by atoms with van der Waals surface area (Å²) in [5.74, 6) is 0.637. The number of rotatable bonds is 1. The molecule has 0 aliphatic carbocycles. The Kier molecular flexibility index (Phi) is 3.14. The smallest absolute Gasteiger partial charge is 0.410 e. The number of hydrogen-bond acceptors (Lipinski definition) is 3. The first kappa shape index (κ1) is 10.7. The second-order valence-corrected chi connectivity index (χ2v) is 4.75. The number of ether oxygens (including phenoxy) is 1. The highest BCUT2D eigenvalue weighted by Crippen LogP contribution is 2.26. The average Bonchev–Trinajstić information content (AvgIpc) is 2.63. The number of nitrogens with one attached hydrogen (secondary N) is 1. The number of nitrogens with zero attached hydrogens (tertiary/aromatic N) is 1. The zero-order chi connectivity index (χ0) is 10.8. The number of carbonyl (C=O) groups excluding carboxylic acids is 1. The van der Waals surface area contributed by atoms with Crippen molar-refractivity contribution in [2.75, 3.05) is 19.6 Å². The van der Waals surface area contributed by atoms with Gasteiger partial charge in [0.25, 0.3) is 0 Å². The van der Waals surface area contributed by atoms with Gasteiger partial charge in [0.15, 0.2) is 0 Å². The van der Waals surface area contributed by atoms with Crippen molar-refractivity contribution < 1.29 is 9.53 Å². The van der Waals surface area contributed by atoms with Crippen LogP contribution in [0.25, 0.3) is 0 Å². The van der Waals surface area contributed by atoms with Gasteiger partial charge in [-0.1, -0.05) is 0 Å². The van der Waals surface area contributed by atoms with Crippen LogP contribution in [0.2, 0.25) is 0 Å². The van der Waals surface area contributed by atoms with E-state index in [1.54, 1.807) is 0 Å². The van der Waals surface area contributed by atoms with Crippen LogP contribution in [-0.2, 0) is 4.74 Å². The molecule has 0 saturated carbocycles. The van der Waals surface area contributed by atoms with Gasteiger partial charge >= 0.3 is 6.09 Å². The van der Waals surface area contributed by atoms with Gasteiger partial charge in [-0.25, -0.2) is 4.79 Å². The number of likely N-dealkylation sites (tertiary alicyclic amines) is 1. The molecule has 0 aromatic heterocycles. The number of carbonyl (C=O) groups is 1. The summed E-state index contributed by atoms with van der Waals surface area (Å²) in [6, 6.07) is 0.366. The fourth-order valence-electron chi connectivity index (χ4n) is 2.56. The minimum Gasteiger partial charge on any atom is -0.447 e. The predicted molar refractivity (Wildman–Crippen MR) is 57.7 cm³/mol. The molecule has 2 heterocycles. The predicted octanol–water partition coefficient (Wildman–Crippen LogP) is 1.22. The highest BCUT2D eigenvalue weighted by molar-refractivity contribution is 5.68. The maximum Gasteiger partial charge on any atom is 0.410 e. The molecule has 2 unspecified atom stereocenters. The van der Waals surface area contributed by atoms with E-state index in [0.29, 0.717) is 12.0 Å². The summed E-state index contributed by atoms with van der Waals surface area (Å²) < 4.78 is 5.26. The van der Waals surface area contributed by atoms with E-state index in [1.165, 1.54) is 6.42 Å². The maximum absolute atomic E-state index is 11.8. The van der Waals surface area contributed by atoms with Crippen molar-refractivity contribution in [3.8, 4) is 0 Å². The van der Waals surface area contributed by atoms with Gasteiger partial charge in [0.1, 0.15) is 0 Å². The zero-order valence-electron chi connectivity index (χ0n) is 9.53. The summed E-state index contributed by atoms with van der Waals surface area (Å²) in [6.07, 6.45) is 2.19. The topological polar surface area (TPSA) is 41.6 Å². The SMILES string of the molecule is CC(C)OC(=O)N1CCCC2CNCC21. The van der Waals surface area contributed by atoms with Crippen molar-refractivity contribution >= 4 is 6.09 Å². The van der Waals surface area contributed by atoms with Crippen LogP contribution >= 0.6 is 0 Å². The summed E-state index contributed by atoms with van der Waals surface area (Å²) in [7, 11) is 0. The first-order valence-corrected chi connectivity index (χ1v) is 5.86. The normalized spacial score (nSPS) is 30.5. The van der Waals surface area contributed by atoms with E-state index in [1.807, 2.05) is 18.7 Å². The number of amides is 1. The summed E-state index contributed by atoms with van der Waals surface area (Å²) in [5.41, 5.74) is 0. The molecule has 1 amide bonds. The monoisotopic (exact) mass is 212 g/mol. The van der Waals surface area contributed by atoms with Crippen LogP contribution in [0, 0.1) is 5.92 Å². The van der Waals surface area contributed by atoms with Crippen LogP contribution in [0.15, 0.2) is 0 Å². The fourth-order valence-corrected chi connectivity index (χ4v) is 2.56. The number of piperidine rings is 1. The highest BCUT2D eigenvalue weighted by atomic mass is 16.6. The van der Waals surface area contributed by atoms with Crippen LogP contribution in [0.3, 0.4) is 0 Å². The van der Waals surface area contributed by atoms with Crippen LogP contribution in [0.4, 0.5) is 4.79 Å². The van der Waals surface area contributed by atoms with Gasteiger partial charge in [0.2, 0.25) is 0 Å². The summed E-state index contributed by atoms with van der Waals surface area (Å²) >= 11 is 0. The standard InChI is InChI=1S/C11H20N2O2/c1-8(2)15-11(14)13-5-3-4-9-6-12-7-10(9)13/h8-10,12H,3-7H2,1-2H3. The van der Waals surface area contributed by atoms with E-state index in [9.17, 15) is 4.79 Å². The minimum atomic E-state index is -0.136. The molecule has 4 nitrogen and oxygen atoms in total. The largest absolute Gasteiger partial charge is 0.447 e. The molecule has 2 fully saturated rings. The molecule has 2 rings (SSSR count). The van der Waals surface area contributed by atoms with Gasteiger partial charge in [-0.3, -0.25) is 0 Å². The van der Waals surface area contributed by atoms with Crippen molar-refractivity contribution in [3.63, 3.8) is 0 Å². The molecule has 0 radical (unpaired) electrons. The lowest BCUT2D eigenvalue weighted by atomic mass is 9.92. The van der Waals surface area contributed by atoms with E-state index in [0.717, 1.165) is 26.1 Å². The van der Waals surface area contributed by atoms with Gasteiger partial charge < -0.3 is 15.0 Å². The quantitative estimate of drug-likeness (QED) is 0.710. The Bertz CT molecular complexity index is 243. The Morgan fingerprint density at radius 1 is 1.47 bits per heavy atom. The van der Waals surface area contributed by atoms with Gasteiger partial charge in [-0.2, -0.15) is 0 Å². The van der Waals surface area contributed by atoms with Crippen molar-refractivity contribution in [1.29, 1.82) is 0 Å². The van der Waals surface area contributed by atoms with Gasteiger partial charge in [0, 0.05) is 19.6 Å². The minimum absolute atomic E-state index is 0.0211. The Labute approximate surface area is 91.0 Å². The fraction of sp³-hybridized carbons (Fsp3) is 0.909. The van der Waals surface area contributed by atoms with E-state index in [2.05, 4.69) is 5.32 Å². The van der Waals surface area contributed by atoms with Crippen molar-refractivity contribution in [3.05, 3.63) is 0 Å². The molecule has 4 heteroatoms. The molecule has 0 bridgehead atoms. The van der Waals surface area contributed by atoms with E-state index in [4.69, 9.17) is 4.74 Å². The first-order chi connectivity index (χ1) is 7.18. The maximum atomic E-state index is 11.8. The van der Waals surface area contributed by atoms with Crippen molar-refractivity contribution in [1.82, 2.24) is 10.2 Å². The molecule has 2 aliphatic rings. The molecule has 2 atom stereocenters. The second-order valence-electron chi connectivity index (χ2n) is 4.75. The molecule has 0 spiro atoms. The Balaban J connectivity index is 1.98. The second kappa shape index (κ2) is 4.39. The lowest BCUT2D eigenvalue weighted by molar-refractivity contribution is 0.0473. The van der Waals surface area contributed by atoms with E-state index < -0.39 is 0 Å². The van der Waals surface area contributed by atoms with Crippen LogP contribution in [0.1, 0.15) is 26.7 Å². The molecule has 0 aromatic rings. The Hall–Kier alpha value is -0.770. The molecular weight excluding hydrogens is 192 g/mol. The van der Waals surface area contributed by atoms with Gasteiger partial charge in [-0.15, -0.1) is 0 Å².